The topological polar surface area (TPSA) is 498 Å². The minimum atomic E-state index is -4.00. The fourth-order valence-corrected chi connectivity index (χ4v) is 24.2. The van der Waals surface area contributed by atoms with Crippen LogP contribution in [0.4, 0.5) is 28.4 Å². The summed E-state index contributed by atoms with van der Waals surface area (Å²) < 4.78 is 141. The van der Waals surface area contributed by atoms with E-state index in [1.54, 1.807) is 188 Å². The van der Waals surface area contributed by atoms with Gasteiger partial charge in [0.05, 0.1) is 103 Å². The highest BCUT2D eigenvalue weighted by Crippen LogP contribution is 2.47. The molecule has 0 saturated carbocycles. The van der Waals surface area contributed by atoms with E-state index >= 15 is 0 Å². The SMILES string of the molecule is CC(=O)CSc1cc(NS(=O)(=O)c2ccccc2Br)c2ccccc2c1O.CS(=O)(=O)Nc1cc(SCC(=O)O)c(O)c2ccccc12.O=C(O)CSc1cc(NS(=O)(=O)c2ccc3c(c2)C=CCC3)c2ccccc2c1O.O=C(O)CSc1cc(NS(=O)(=O)c2cccc(Br)c2)c2ccccc2c1O.O=C(O)CSc1cc(NS(=O)(=O)c2ccccc2-c2ccccc2)c2ccccc2c1O. The molecule has 0 bridgehead atoms. The van der Waals surface area contributed by atoms with Gasteiger partial charge in [0.15, 0.2) is 0 Å². The standard InChI is InChI=1S/C24H19NO5S2.C22H19NO5S2.C19H16BrNO4S2.C18H14BrNO5S2.C13H13NO5S2/c26-23(27)15-31-21-14-20(18-11-4-5-12-19(18)24(21)28)25-32(29,30)22-13-7-6-10-17(22)16-8-2-1-3-9-16;24-21(25)13-29-20-12-19(17-7-3-4-8-18(17)22(20)26)23-30(27,28)16-10-9-14-5-1-2-6-15(14)11-16;1-12(22)11-26-17-10-16(13-6-2-3-7-14(13)19(17)23)21-27(24,25)18-9-5-4-8-15(18)20;19-11-4-3-5-12(8-11)27(24,25)20-15-9-16(26-10-17(21)22)18(23)14-7-2-1-6-13(14)15;1-21(18,19)14-10-6-11(20-7-12(15)16)13(17)9-5-3-2-4-8(9)10/h1-14,25,28H,15H2,(H,26,27);2-4,6-12,23,26H,1,5,13H2,(H,24,25);2-10,21,23H,11H2,1H3;1-9,20,23H,10H2,(H,21,22);2-6,14,17H,7H2,1H3,(H,15,16). The van der Waals surface area contributed by atoms with E-state index in [-0.39, 0.29) is 110 Å². The smallest absolute Gasteiger partial charge is 0.313 e. The third-order valence-corrected chi connectivity index (χ3v) is 32.7. The van der Waals surface area contributed by atoms with Gasteiger partial charge in [-0.3, -0.25) is 47.6 Å². The summed E-state index contributed by atoms with van der Waals surface area (Å²) in [5, 5.41) is 92.8. The normalized spacial score (nSPS) is 11.8. The number of hydrogen-bond donors (Lipinski definition) is 14. The molecule has 137 heavy (non-hydrogen) atoms. The van der Waals surface area contributed by atoms with Crippen LogP contribution in [0.5, 0.6) is 28.7 Å². The predicted octanol–water partition coefficient (Wildman–Crippen LogP) is 20.8. The number of fused-ring (bicyclic) bond motifs is 6. The summed E-state index contributed by atoms with van der Waals surface area (Å²) >= 11 is 11.4. The van der Waals surface area contributed by atoms with E-state index < -0.39 is 74.0 Å². The highest BCUT2D eigenvalue weighted by atomic mass is 79.9. The number of benzene rings is 15. The minimum absolute atomic E-state index is 0.0284. The fourth-order valence-electron chi connectivity index (χ4n) is 13.8. The van der Waals surface area contributed by atoms with Gasteiger partial charge in [0.1, 0.15) is 39.4 Å². The van der Waals surface area contributed by atoms with Crippen molar-refractivity contribution >= 4 is 259 Å². The maximum Gasteiger partial charge on any atom is 0.313 e. The van der Waals surface area contributed by atoms with Crippen LogP contribution in [0.15, 0.2) is 332 Å². The first kappa shape index (κ1) is 103. The van der Waals surface area contributed by atoms with Gasteiger partial charge in [0.25, 0.3) is 40.1 Å². The molecule has 0 aromatic heterocycles. The number of carbonyl (C=O) groups is 5. The number of allylic oxidation sites excluding steroid dienone is 1. The molecule has 0 saturated heterocycles. The van der Waals surface area contributed by atoms with E-state index in [1.807, 2.05) is 48.6 Å². The van der Waals surface area contributed by atoms with Crippen molar-refractivity contribution in [2.24, 2.45) is 0 Å². The fraction of sp³-hybridized carbons (Fsp3) is 0.0938. The van der Waals surface area contributed by atoms with Gasteiger partial charge in [0.2, 0.25) is 10.0 Å². The van der Waals surface area contributed by atoms with Crippen LogP contribution in [0.3, 0.4) is 0 Å². The number of nitrogens with one attached hydrogen (secondary N) is 5. The summed E-state index contributed by atoms with van der Waals surface area (Å²) in [6.07, 6.45) is 6.79. The van der Waals surface area contributed by atoms with E-state index in [4.69, 9.17) is 20.4 Å². The van der Waals surface area contributed by atoms with Gasteiger partial charge in [-0.15, -0.1) is 58.8 Å². The van der Waals surface area contributed by atoms with E-state index in [1.165, 1.54) is 67.2 Å². The van der Waals surface area contributed by atoms with Crippen molar-refractivity contribution in [1.29, 1.82) is 0 Å². The number of rotatable bonds is 30. The molecule has 15 aromatic rings. The monoisotopic (exact) mass is 2170 g/mol. The first-order valence-corrected chi connectivity index (χ1v) is 54.7. The predicted molar refractivity (Wildman–Crippen MR) is 549 cm³/mol. The van der Waals surface area contributed by atoms with Crippen LogP contribution in [0.25, 0.3) is 71.1 Å². The molecule has 708 valence electrons. The first-order chi connectivity index (χ1) is 65.1. The Morgan fingerprint density at radius 1 is 0.328 bits per heavy atom. The van der Waals surface area contributed by atoms with E-state index in [9.17, 15) is 91.6 Å². The third-order valence-electron chi connectivity index (χ3n) is 19.8. The Kier molecular flexibility index (Phi) is 34.3. The maximum atomic E-state index is 13.4. The van der Waals surface area contributed by atoms with Gasteiger partial charge in [-0.05, 0) is 131 Å². The number of aryl methyl sites for hydroxylation is 1. The van der Waals surface area contributed by atoms with Crippen molar-refractivity contribution < 1.29 is 112 Å². The Labute approximate surface area is 824 Å². The minimum Gasteiger partial charge on any atom is -0.506 e. The Bertz CT molecular complexity index is 7870. The molecule has 0 amide bonds. The average molecular weight is 2170 g/mol. The molecular weight excluding hydrogens is 2090 g/mol. The van der Waals surface area contributed by atoms with Crippen LogP contribution < -0.4 is 23.6 Å². The number of aliphatic carboxylic acids is 4. The molecule has 0 radical (unpaired) electrons. The maximum absolute atomic E-state index is 13.4. The van der Waals surface area contributed by atoms with Crippen LogP contribution in [0, 0.1) is 0 Å². The summed E-state index contributed by atoms with van der Waals surface area (Å²) in [5.41, 5.74) is 4.76. The second-order valence-electron chi connectivity index (χ2n) is 29.7. The molecule has 0 fully saturated rings. The summed E-state index contributed by atoms with van der Waals surface area (Å²) in [4.78, 5) is 56.8. The van der Waals surface area contributed by atoms with Crippen molar-refractivity contribution in [2.75, 3.05) is 58.6 Å². The molecule has 0 aliphatic heterocycles. The number of carboxylic acid groups (broad SMARTS) is 4. The van der Waals surface area contributed by atoms with Gasteiger partial charge in [-0.25, -0.2) is 42.1 Å². The molecule has 0 unspecified atom stereocenters. The summed E-state index contributed by atoms with van der Waals surface area (Å²) in [5.74, 6) is -5.27. The number of aromatic hydroxyl groups is 5. The Hall–Kier alpha value is -12.7. The van der Waals surface area contributed by atoms with Crippen LogP contribution in [0.2, 0.25) is 0 Å². The number of carbonyl (C=O) groups excluding carboxylic acids is 1. The highest BCUT2D eigenvalue weighted by molar-refractivity contribution is 9.10. The molecular formula is C96H81Br2N5O24S10. The molecule has 16 rings (SSSR count). The van der Waals surface area contributed by atoms with E-state index in [0.717, 1.165) is 82.8 Å². The van der Waals surface area contributed by atoms with Crippen molar-refractivity contribution in [3.05, 3.63) is 299 Å². The number of Topliss-reactive ketones (excluding diaryl/α,β-unsaturated/α-hetero) is 1. The zero-order valence-corrected chi connectivity index (χ0v) is 82.9. The second-order valence-corrected chi connectivity index (χ2v) is 44.9. The van der Waals surface area contributed by atoms with Crippen LogP contribution in [-0.2, 0) is 80.5 Å². The lowest BCUT2D eigenvalue weighted by atomic mass is 9.98. The molecule has 0 spiro atoms. The Balaban J connectivity index is 0.000000155. The van der Waals surface area contributed by atoms with E-state index in [2.05, 4.69) is 55.5 Å². The van der Waals surface area contributed by atoms with Crippen molar-refractivity contribution in [3.8, 4) is 39.9 Å². The molecule has 14 N–H and O–H groups in total. The van der Waals surface area contributed by atoms with Crippen LogP contribution in [0.1, 0.15) is 24.5 Å². The number of carboxylic acids is 4. The van der Waals surface area contributed by atoms with Gasteiger partial charge < -0.3 is 46.0 Å². The largest absolute Gasteiger partial charge is 0.506 e. The Morgan fingerprint density at radius 3 is 1.00 bits per heavy atom. The first-order valence-electron chi connectivity index (χ1n) is 40.3. The van der Waals surface area contributed by atoms with Gasteiger partial charge in [-0.2, -0.15) is 0 Å². The average Bonchev–Trinajstić information content (AvgIpc) is 0.774. The lowest BCUT2D eigenvalue weighted by molar-refractivity contribution is -0.134. The molecule has 1 aliphatic carbocycles. The van der Waals surface area contributed by atoms with Crippen molar-refractivity contribution in [3.63, 3.8) is 0 Å². The number of sulfonamides is 5. The highest BCUT2D eigenvalue weighted by Gasteiger charge is 2.28. The third kappa shape index (κ3) is 26.8. The van der Waals surface area contributed by atoms with Crippen molar-refractivity contribution in [1.82, 2.24) is 0 Å². The van der Waals surface area contributed by atoms with Gasteiger partial charge >= 0.3 is 23.9 Å². The lowest BCUT2D eigenvalue weighted by Crippen LogP contribution is -2.14. The lowest BCUT2D eigenvalue weighted by Gasteiger charge is -2.16. The Morgan fingerprint density at radius 2 is 0.642 bits per heavy atom. The number of phenolic OH excluding ortho intramolecular Hbond substituents is 5. The summed E-state index contributed by atoms with van der Waals surface area (Å²) in [7, 11) is -19.1. The second kappa shape index (κ2) is 45.5. The zero-order valence-electron chi connectivity index (χ0n) is 71.6. The quantitative estimate of drug-likeness (QED) is 0.0147. The number of hydrogen-bond acceptors (Lipinski definition) is 25. The summed E-state index contributed by atoms with van der Waals surface area (Å²) in [6, 6.07) is 75.3. The number of phenols is 5. The molecule has 0 atom stereocenters. The molecule has 29 nitrogen and oxygen atoms in total. The number of anilines is 5. The number of halogens is 2. The van der Waals surface area contributed by atoms with Crippen LogP contribution in [-0.4, -0.2) is 153 Å². The van der Waals surface area contributed by atoms with Crippen LogP contribution >= 0.6 is 90.7 Å². The van der Waals surface area contributed by atoms with Gasteiger partial charge in [0, 0.05) is 68.4 Å². The van der Waals surface area contributed by atoms with E-state index in [0.29, 0.717) is 94.4 Å². The molecule has 1 aliphatic rings. The van der Waals surface area contributed by atoms with Crippen molar-refractivity contribution in [2.45, 2.75) is 63.8 Å². The van der Waals surface area contributed by atoms with Gasteiger partial charge in [-0.1, -0.05) is 222 Å². The number of thioether (sulfide) groups is 5. The molecule has 0 heterocycles. The summed E-state index contributed by atoms with van der Waals surface area (Å²) in [6.45, 7) is 1.46. The molecule has 15 aromatic carbocycles. The number of ketones is 1. The molecule has 41 heteroatoms. The zero-order chi connectivity index (χ0) is 98.8.